The Bertz CT molecular complexity index is 232. The number of rotatable bonds is 2. The number of aliphatic hydroxyl groups excluding tert-OH is 1. The number of nitrogens with zero attached hydrogens (tertiary/aromatic N) is 1. The van der Waals surface area contributed by atoms with Crippen molar-refractivity contribution in [1.29, 1.82) is 0 Å². The minimum absolute atomic E-state index is 0.0252. The second kappa shape index (κ2) is 4.62. The summed E-state index contributed by atoms with van der Waals surface area (Å²) in [5.74, 6) is 0.0956. The minimum atomic E-state index is -0.784. The van der Waals surface area contributed by atoms with Crippen molar-refractivity contribution < 1.29 is 9.90 Å². The number of piperidine rings is 1. The molecule has 3 nitrogen and oxygen atoms in total. The zero-order valence-corrected chi connectivity index (χ0v) is 10.3. The molecule has 1 rings (SSSR count). The van der Waals surface area contributed by atoms with Crippen LogP contribution in [0.4, 0.5) is 0 Å². The maximum absolute atomic E-state index is 11.9. The normalized spacial score (nSPS) is 26.3. The molecule has 0 spiro atoms. The van der Waals surface area contributed by atoms with Crippen LogP contribution in [-0.2, 0) is 4.79 Å². The number of ketones is 1. The maximum atomic E-state index is 11.9. The zero-order valence-electron chi connectivity index (χ0n) is 10.3. The van der Waals surface area contributed by atoms with Crippen molar-refractivity contribution in [2.75, 3.05) is 20.1 Å². The minimum Gasteiger partial charge on any atom is -0.385 e. The van der Waals surface area contributed by atoms with Gasteiger partial charge in [0.05, 0.1) is 0 Å². The van der Waals surface area contributed by atoms with Crippen molar-refractivity contribution in [3.8, 4) is 0 Å². The highest BCUT2D eigenvalue weighted by atomic mass is 16.3. The third-order valence-electron chi connectivity index (χ3n) is 3.12. The monoisotopic (exact) mass is 213 g/mol. The molecule has 0 bridgehead atoms. The molecule has 1 N–H and O–H groups in total. The fourth-order valence-corrected chi connectivity index (χ4v) is 2.12. The van der Waals surface area contributed by atoms with Gasteiger partial charge in [-0.2, -0.15) is 0 Å². The van der Waals surface area contributed by atoms with E-state index in [-0.39, 0.29) is 11.7 Å². The SMILES string of the molecule is CN1CCCC(C(O)C(=O)C(C)(C)C)C1. The van der Waals surface area contributed by atoms with Crippen LogP contribution in [0.1, 0.15) is 33.6 Å². The number of aliphatic hydroxyl groups is 1. The van der Waals surface area contributed by atoms with E-state index in [0.717, 1.165) is 25.9 Å². The largest absolute Gasteiger partial charge is 0.385 e. The smallest absolute Gasteiger partial charge is 0.166 e. The van der Waals surface area contributed by atoms with E-state index in [1.807, 2.05) is 27.8 Å². The van der Waals surface area contributed by atoms with Crippen LogP contribution in [0.2, 0.25) is 0 Å². The van der Waals surface area contributed by atoms with Gasteiger partial charge in [-0.1, -0.05) is 20.8 Å². The van der Waals surface area contributed by atoms with Crippen LogP contribution in [-0.4, -0.2) is 42.0 Å². The lowest BCUT2D eigenvalue weighted by molar-refractivity contribution is -0.138. The first-order valence-corrected chi connectivity index (χ1v) is 5.73. The molecule has 0 aromatic heterocycles. The molecule has 15 heavy (non-hydrogen) atoms. The standard InChI is InChI=1S/C12H23NO2/c1-12(2,3)11(15)10(14)9-6-5-7-13(4)8-9/h9-10,14H,5-8H2,1-4H3. The molecule has 0 amide bonds. The summed E-state index contributed by atoms with van der Waals surface area (Å²) in [5.41, 5.74) is -0.435. The van der Waals surface area contributed by atoms with Crippen molar-refractivity contribution in [3.63, 3.8) is 0 Å². The molecule has 1 heterocycles. The molecule has 1 aliphatic rings. The molecule has 0 aromatic rings. The van der Waals surface area contributed by atoms with Crippen LogP contribution < -0.4 is 0 Å². The fraction of sp³-hybridized carbons (Fsp3) is 0.917. The van der Waals surface area contributed by atoms with Gasteiger partial charge in [-0.25, -0.2) is 0 Å². The number of hydrogen-bond donors (Lipinski definition) is 1. The molecule has 0 aromatic carbocycles. The van der Waals surface area contributed by atoms with Gasteiger partial charge in [0.25, 0.3) is 0 Å². The van der Waals surface area contributed by atoms with Gasteiger partial charge >= 0.3 is 0 Å². The molecule has 0 aliphatic carbocycles. The van der Waals surface area contributed by atoms with Crippen LogP contribution >= 0.6 is 0 Å². The molecule has 1 saturated heterocycles. The molecular weight excluding hydrogens is 190 g/mol. The number of hydrogen-bond acceptors (Lipinski definition) is 3. The number of carbonyl (C=O) groups excluding carboxylic acids is 1. The van der Waals surface area contributed by atoms with Gasteiger partial charge in [0.1, 0.15) is 6.10 Å². The Labute approximate surface area is 92.5 Å². The maximum Gasteiger partial charge on any atom is 0.166 e. The molecule has 3 heteroatoms. The van der Waals surface area contributed by atoms with Gasteiger partial charge in [-0.15, -0.1) is 0 Å². The summed E-state index contributed by atoms with van der Waals surface area (Å²) >= 11 is 0. The summed E-state index contributed by atoms with van der Waals surface area (Å²) in [6.07, 6.45) is 1.26. The van der Waals surface area contributed by atoms with Gasteiger partial charge in [0.15, 0.2) is 5.78 Å². The lowest BCUT2D eigenvalue weighted by atomic mass is 9.80. The van der Waals surface area contributed by atoms with E-state index < -0.39 is 11.5 Å². The lowest BCUT2D eigenvalue weighted by Gasteiger charge is -2.34. The summed E-state index contributed by atoms with van der Waals surface area (Å²) in [6.45, 7) is 7.51. The summed E-state index contributed by atoms with van der Waals surface area (Å²) in [7, 11) is 2.04. The Balaban J connectivity index is 2.59. The van der Waals surface area contributed by atoms with Crippen LogP contribution in [0.25, 0.3) is 0 Å². The van der Waals surface area contributed by atoms with E-state index in [1.165, 1.54) is 0 Å². The Morgan fingerprint density at radius 3 is 2.53 bits per heavy atom. The molecular formula is C12H23NO2. The second-order valence-electron chi connectivity index (χ2n) is 5.72. The molecule has 1 fully saturated rings. The van der Waals surface area contributed by atoms with Crippen LogP contribution in [0.3, 0.4) is 0 Å². The first-order valence-electron chi connectivity index (χ1n) is 5.73. The highest BCUT2D eigenvalue weighted by Gasteiger charge is 2.35. The first-order chi connectivity index (χ1) is 6.82. The highest BCUT2D eigenvalue weighted by Crippen LogP contribution is 2.25. The van der Waals surface area contributed by atoms with Crippen LogP contribution in [0.5, 0.6) is 0 Å². The van der Waals surface area contributed by atoms with Gasteiger partial charge < -0.3 is 10.0 Å². The predicted octanol–water partition coefficient (Wildman–Crippen LogP) is 1.30. The van der Waals surface area contributed by atoms with E-state index >= 15 is 0 Å². The average molecular weight is 213 g/mol. The quantitative estimate of drug-likeness (QED) is 0.751. The number of likely N-dealkylation sites (tertiary alicyclic amines) is 1. The third-order valence-corrected chi connectivity index (χ3v) is 3.12. The number of carbonyl (C=O) groups is 1. The summed E-state index contributed by atoms with van der Waals surface area (Å²) in [4.78, 5) is 14.1. The number of Topliss-reactive ketones (excluding diaryl/α,β-unsaturated/α-hetero) is 1. The van der Waals surface area contributed by atoms with Crippen LogP contribution in [0.15, 0.2) is 0 Å². The van der Waals surface area contributed by atoms with Crippen molar-refractivity contribution in [1.82, 2.24) is 4.90 Å². The van der Waals surface area contributed by atoms with E-state index in [9.17, 15) is 9.90 Å². The van der Waals surface area contributed by atoms with Gasteiger partial charge in [0.2, 0.25) is 0 Å². The Kier molecular flexibility index (Phi) is 3.90. The summed E-state index contributed by atoms with van der Waals surface area (Å²) in [6, 6.07) is 0. The third kappa shape index (κ3) is 3.28. The Morgan fingerprint density at radius 2 is 2.07 bits per heavy atom. The molecule has 1 aliphatic heterocycles. The van der Waals surface area contributed by atoms with Crippen molar-refractivity contribution in [2.24, 2.45) is 11.3 Å². The summed E-state index contributed by atoms with van der Waals surface area (Å²) < 4.78 is 0. The summed E-state index contributed by atoms with van der Waals surface area (Å²) in [5, 5.41) is 10.0. The van der Waals surface area contributed by atoms with E-state index in [2.05, 4.69) is 4.90 Å². The molecule has 0 radical (unpaired) electrons. The second-order valence-corrected chi connectivity index (χ2v) is 5.72. The van der Waals surface area contributed by atoms with Gasteiger partial charge in [0, 0.05) is 17.9 Å². The Morgan fingerprint density at radius 1 is 1.47 bits per heavy atom. The van der Waals surface area contributed by atoms with Crippen molar-refractivity contribution in [2.45, 2.75) is 39.7 Å². The average Bonchev–Trinajstić information content (AvgIpc) is 2.14. The van der Waals surface area contributed by atoms with E-state index in [1.54, 1.807) is 0 Å². The topological polar surface area (TPSA) is 40.5 Å². The fourth-order valence-electron chi connectivity index (χ4n) is 2.12. The lowest BCUT2D eigenvalue weighted by Crippen LogP contribution is -2.44. The molecule has 2 atom stereocenters. The molecule has 0 saturated carbocycles. The first kappa shape index (κ1) is 12.7. The van der Waals surface area contributed by atoms with E-state index in [0.29, 0.717) is 0 Å². The highest BCUT2D eigenvalue weighted by molar-refractivity contribution is 5.87. The molecule has 88 valence electrons. The van der Waals surface area contributed by atoms with Crippen molar-refractivity contribution in [3.05, 3.63) is 0 Å². The Hall–Kier alpha value is -0.410. The van der Waals surface area contributed by atoms with E-state index in [4.69, 9.17) is 0 Å². The van der Waals surface area contributed by atoms with Crippen molar-refractivity contribution >= 4 is 5.78 Å². The van der Waals surface area contributed by atoms with Gasteiger partial charge in [-0.3, -0.25) is 4.79 Å². The zero-order chi connectivity index (χ0) is 11.6. The molecule has 2 unspecified atom stereocenters. The van der Waals surface area contributed by atoms with Crippen LogP contribution in [0, 0.1) is 11.3 Å². The van der Waals surface area contributed by atoms with Gasteiger partial charge in [-0.05, 0) is 26.4 Å². The predicted molar refractivity (Wildman–Crippen MR) is 60.7 cm³/mol.